The lowest BCUT2D eigenvalue weighted by Crippen LogP contribution is -2.34. The van der Waals surface area contributed by atoms with Gasteiger partial charge in [0.15, 0.2) is 5.69 Å². The zero-order valence-electron chi connectivity index (χ0n) is 12.0. The Labute approximate surface area is 119 Å². The lowest BCUT2D eigenvalue weighted by molar-refractivity contribution is 0.0950. The maximum absolute atomic E-state index is 11.6. The number of aromatic nitrogens is 2. The van der Waals surface area contributed by atoms with Gasteiger partial charge in [0, 0.05) is 13.1 Å². The van der Waals surface area contributed by atoms with Crippen molar-refractivity contribution in [3.63, 3.8) is 0 Å². The van der Waals surface area contributed by atoms with Crippen molar-refractivity contribution >= 4 is 11.7 Å². The Kier molecular flexibility index (Phi) is 4.89. The second kappa shape index (κ2) is 6.65. The predicted molar refractivity (Wildman–Crippen MR) is 78.5 cm³/mol. The van der Waals surface area contributed by atoms with E-state index in [0.717, 1.165) is 6.54 Å². The highest BCUT2D eigenvalue weighted by atomic mass is 16.1. The number of amides is 1. The number of nitrogens with one attached hydrogen (secondary N) is 2. The molecule has 1 saturated carbocycles. The van der Waals surface area contributed by atoms with Gasteiger partial charge in [-0.1, -0.05) is 12.8 Å². The van der Waals surface area contributed by atoms with Crippen LogP contribution < -0.4 is 16.4 Å². The Bertz CT molecular complexity index is 439. The molecule has 1 aliphatic carbocycles. The molecule has 1 aromatic rings. The van der Waals surface area contributed by atoms with E-state index >= 15 is 0 Å². The quantitative estimate of drug-likeness (QED) is 0.725. The molecule has 0 unspecified atom stereocenters. The van der Waals surface area contributed by atoms with Gasteiger partial charge in [-0.05, 0) is 43.9 Å². The number of hydrogen-bond donors (Lipinski definition) is 3. The third-order valence-corrected chi connectivity index (χ3v) is 3.98. The molecule has 0 radical (unpaired) electrons. The molecule has 1 amide bonds. The summed E-state index contributed by atoms with van der Waals surface area (Å²) >= 11 is 0. The summed E-state index contributed by atoms with van der Waals surface area (Å²) in [5.74, 6) is 0.499. The van der Waals surface area contributed by atoms with Crippen LogP contribution >= 0.6 is 0 Å². The molecule has 6 nitrogen and oxygen atoms in total. The van der Waals surface area contributed by atoms with Gasteiger partial charge >= 0.3 is 0 Å². The van der Waals surface area contributed by atoms with Gasteiger partial charge in [0.2, 0.25) is 0 Å². The Balaban J connectivity index is 1.92. The summed E-state index contributed by atoms with van der Waals surface area (Å²) in [6.07, 6.45) is 4.84. The molecule has 0 atom stereocenters. The molecule has 110 valence electrons. The summed E-state index contributed by atoms with van der Waals surface area (Å²) in [4.78, 5) is 11.6. The molecule has 0 spiro atoms. The fraction of sp³-hybridized carbons (Fsp3) is 0.643. The van der Waals surface area contributed by atoms with Crippen LogP contribution in [0.5, 0.6) is 0 Å². The lowest BCUT2D eigenvalue weighted by Gasteiger charge is -2.27. The molecule has 0 bridgehead atoms. The third kappa shape index (κ3) is 3.45. The fourth-order valence-corrected chi connectivity index (χ4v) is 2.65. The van der Waals surface area contributed by atoms with Crippen molar-refractivity contribution < 1.29 is 4.79 Å². The van der Waals surface area contributed by atoms with Gasteiger partial charge in [-0.2, -0.15) is 0 Å². The number of nitrogens with two attached hydrogens (primary N) is 1. The molecule has 2 rings (SSSR count). The van der Waals surface area contributed by atoms with E-state index in [1.165, 1.54) is 25.7 Å². The monoisotopic (exact) mass is 277 g/mol. The number of nitrogens with zero attached hydrogens (tertiary/aromatic N) is 2. The van der Waals surface area contributed by atoms with E-state index in [1.807, 2.05) is 6.92 Å². The van der Waals surface area contributed by atoms with E-state index in [-0.39, 0.29) is 11.3 Å². The molecule has 1 aromatic heterocycles. The second-order valence-electron chi connectivity index (χ2n) is 5.43. The highest BCUT2D eigenvalue weighted by Gasteiger charge is 2.32. The number of carbonyl (C=O) groups excluding carboxylic acids is 1. The molecule has 1 fully saturated rings. The summed E-state index contributed by atoms with van der Waals surface area (Å²) in [6.45, 7) is 3.97. The van der Waals surface area contributed by atoms with Crippen LogP contribution in [-0.2, 0) is 0 Å². The summed E-state index contributed by atoms with van der Waals surface area (Å²) in [6, 6.07) is 3.47. The first-order valence-corrected chi connectivity index (χ1v) is 7.25. The van der Waals surface area contributed by atoms with Crippen LogP contribution in [0, 0.1) is 5.41 Å². The Hall–Kier alpha value is -1.69. The summed E-state index contributed by atoms with van der Waals surface area (Å²) < 4.78 is 0. The SMILES string of the molecule is CCNC(=O)c1ccc(NCC2(CN)CCCC2)nn1. The van der Waals surface area contributed by atoms with Crippen molar-refractivity contribution in [1.29, 1.82) is 0 Å². The van der Waals surface area contributed by atoms with Crippen LogP contribution in [0.1, 0.15) is 43.1 Å². The predicted octanol–water partition coefficient (Wildman–Crippen LogP) is 1.16. The standard InChI is InChI=1S/C14H23N5O/c1-2-16-13(20)11-5-6-12(19-18-11)17-10-14(9-15)7-3-4-8-14/h5-6H,2-4,7-10,15H2,1H3,(H,16,20)(H,17,19). The van der Waals surface area contributed by atoms with Crippen molar-refractivity contribution in [3.05, 3.63) is 17.8 Å². The molecule has 1 aliphatic rings. The van der Waals surface area contributed by atoms with Crippen LogP contribution in [0.25, 0.3) is 0 Å². The van der Waals surface area contributed by atoms with E-state index in [2.05, 4.69) is 20.8 Å². The van der Waals surface area contributed by atoms with E-state index in [0.29, 0.717) is 24.6 Å². The number of carbonyl (C=O) groups is 1. The Morgan fingerprint density at radius 3 is 2.65 bits per heavy atom. The normalized spacial score (nSPS) is 16.9. The zero-order chi connectivity index (χ0) is 14.4. The van der Waals surface area contributed by atoms with Crippen molar-refractivity contribution in [1.82, 2.24) is 15.5 Å². The maximum Gasteiger partial charge on any atom is 0.271 e. The number of rotatable bonds is 6. The molecular formula is C14H23N5O. The molecule has 0 aromatic carbocycles. The summed E-state index contributed by atoms with van der Waals surface area (Å²) in [5.41, 5.74) is 6.44. The molecular weight excluding hydrogens is 254 g/mol. The molecule has 6 heteroatoms. The average Bonchev–Trinajstić information content (AvgIpc) is 2.95. The molecule has 0 saturated heterocycles. The van der Waals surface area contributed by atoms with Crippen LogP contribution in [0.3, 0.4) is 0 Å². The van der Waals surface area contributed by atoms with E-state index in [1.54, 1.807) is 12.1 Å². The minimum Gasteiger partial charge on any atom is -0.368 e. The first kappa shape index (κ1) is 14.7. The van der Waals surface area contributed by atoms with Gasteiger partial charge in [0.25, 0.3) is 5.91 Å². The molecule has 0 aliphatic heterocycles. The smallest absolute Gasteiger partial charge is 0.271 e. The average molecular weight is 277 g/mol. The van der Waals surface area contributed by atoms with Crippen molar-refractivity contribution in [2.24, 2.45) is 11.1 Å². The first-order valence-electron chi connectivity index (χ1n) is 7.25. The van der Waals surface area contributed by atoms with Crippen LogP contribution in [0.2, 0.25) is 0 Å². The zero-order valence-corrected chi connectivity index (χ0v) is 12.0. The topological polar surface area (TPSA) is 92.9 Å². The van der Waals surface area contributed by atoms with Gasteiger partial charge in [-0.3, -0.25) is 4.79 Å². The van der Waals surface area contributed by atoms with Gasteiger partial charge in [-0.15, -0.1) is 10.2 Å². The lowest BCUT2D eigenvalue weighted by atomic mass is 9.86. The van der Waals surface area contributed by atoms with Crippen molar-refractivity contribution in [3.8, 4) is 0 Å². The number of hydrogen-bond acceptors (Lipinski definition) is 5. The third-order valence-electron chi connectivity index (χ3n) is 3.98. The minimum atomic E-state index is -0.194. The molecule has 20 heavy (non-hydrogen) atoms. The van der Waals surface area contributed by atoms with Gasteiger partial charge < -0.3 is 16.4 Å². The van der Waals surface area contributed by atoms with Crippen LogP contribution in [0.15, 0.2) is 12.1 Å². The fourth-order valence-electron chi connectivity index (χ4n) is 2.65. The second-order valence-corrected chi connectivity index (χ2v) is 5.43. The molecule has 4 N–H and O–H groups in total. The van der Waals surface area contributed by atoms with E-state index < -0.39 is 0 Å². The van der Waals surface area contributed by atoms with Crippen LogP contribution in [0.4, 0.5) is 5.82 Å². The van der Waals surface area contributed by atoms with E-state index in [4.69, 9.17) is 5.73 Å². The first-order chi connectivity index (χ1) is 9.69. The van der Waals surface area contributed by atoms with Crippen molar-refractivity contribution in [2.75, 3.05) is 25.0 Å². The Morgan fingerprint density at radius 2 is 2.10 bits per heavy atom. The summed E-state index contributed by atoms with van der Waals surface area (Å²) in [7, 11) is 0. The van der Waals surface area contributed by atoms with Crippen LogP contribution in [-0.4, -0.2) is 35.7 Å². The maximum atomic E-state index is 11.6. The largest absolute Gasteiger partial charge is 0.368 e. The molecule has 1 heterocycles. The highest BCUT2D eigenvalue weighted by Crippen LogP contribution is 2.36. The van der Waals surface area contributed by atoms with Gasteiger partial charge in [0.05, 0.1) is 0 Å². The minimum absolute atomic E-state index is 0.194. The summed E-state index contributed by atoms with van der Waals surface area (Å²) in [5, 5.41) is 14.0. The Morgan fingerprint density at radius 1 is 1.35 bits per heavy atom. The van der Waals surface area contributed by atoms with E-state index in [9.17, 15) is 4.79 Å². The number of anilines is 1. The highest BCUT2D eigenvalue weighted by molar-refractivity contribution is 5.92. The van der Waals surface area contributed by atoms with Crippen molar-refractivity contribution in [2.45, 2.75) is 32.6 Å². The van der Waals surface area contributed by atoms with Gasteiger partial charge in [0.1, 0.15) is 5.82 Å². The van der Waals surface area contributed by atoms with Gasteiger partial charge in [-0.25, -0.2) is 0 Å².